The third-order valence-electron chi connectivity index (χ3n) is 3.82. The van der Waals surface area contributed by atoms with Crippen LogP contribution < -0.4 is 20.5 Å². The van der Waals surface area contributed by atoms with E-state index < -0.39 is 5.91 Å². The van der Waals surface area contributed by atoms with Gasteiger partial charge in [-0.15, -0.1) is 0 Å². The molecular formula is C17H18N4O3. The van der Waals surface area contributed by atoms with Gasteiger partial charge in [-0.3, -0.25) is 4.79 Å². The van der Waals surface area contributed by atoms with E-state index in [4.69, 9.17) is 15.2 Å². The van der Waals surface area contributed by atoms with Crippen molar-refractivity contribution in [1.82, 2.24) is 9.97 Å². The van der Waals surface area contributed by atoms with E-state index in [2.05, 4.69) is 15.3 Å². The number of amides is 1. The van der Waals surface area contributed by atoms with Crippen LogP contribution in [-0.4, -0.2) is 30.1 Å². The molecule has 3 rings (SSSR count). The van der Waals surface area contributed by atoms with Crippen LogP contribution >= 0.6 is 0 Å². The summed E-state index contributed by atoms with van der Waals surface area (Å²) in [7, 11) is 3.20. The van der Waals surface area contributed by atoms with E-state index in [1.807, 2.05) is 24.3 Å². The molecule has 1 amide bonds. The van der Waals surface area contributed by atoms with E-state index in [0.29, 0.717) is 34.9 Å². The largest absolute Gasteiger partial charge is 0.496 e. The lowest BCUT2D eigenvalue weighted by molar-refractivity contribution is 0.100. The number of hydrogen-bond donors (Lipinski definition) is 3. The van der Waals surface area contributed by atoms with Gasteiger partial charge in [0.25, 0.3) is 5.91 Å². The number of pyridine rings is 1. The summed E-state index contributed by atoms with van der Waals surface area (Å²) >= 11 is 0. The zero-order chi connectivity index (χ0) is 17.1. The molecule has 0 bridgehead atoms. The topological polar surface area (TPSA) is 102 Å². The lowest BCUT2D eigenvalue weighted by Crippen LogP contribution is -2.15. The fourth-order valence-corrected chi connectivity index (χ4v) is 2.66. The van der Waals surface area contributed by atoms with Crippen LogP contribution in [0.4, 0.5) is 5.69 Å². The summed E-state index contributed by atoms with van der Waals surface area (Å²) in [5, 5.41) is 4.06. The van der Waals surface area contributed by atoms with Crippen molar-refractivity contribution < 1.29 is 14.3 Å². The Morgan fingerprint density at radius 1 is 1.25 bits per heavy atom. The maximum Gasteiger partial charge on any atom is 0.252 e. The number of nitrogens with zero attached hydrogens (tertiary/aromatic N) is 1. The van der Waals surface area contributed by atoms with Gasteiger partial charge in [0, 0.05) is 24.3 Å². The molecule has 0 aliphatic carbocycles. The number of aromatic amines is 1. The molecule has 124 valence electrons. The predicted octanol–water partition coefficient (Wildman–Crippen LogP) is 2.29. The van der Waals surface area contributed by atoms with Gasteiger partial charge in [-0.1, -0.05) is 6.07 Å². The number of carbonyl (C=O) groups excluding carboxylic acids is 1. The van der Waals surface area contributed by atoms with Crippen LogP contribution in [0.1, 0.15) is 15.9 Å². The SMILES string of the molecule is COc1cccc(OC)c1CNc1c(C(N)=O)cnc2[nH]ccc12. The third-order valence-corrected chi connectivity index (χ3v) is 3.82. The minimum absolute atomic E-state index is 0.330. The van der Waals surface area contributed by atoms with Crippen molar-refractivity contribution in [3.63, 3.8) is 0 Å². The van der Waals surface area contributed by atoms with Gasteiger partial charge in [0.15, 0.2) is 0 Å². The number of ether oxygens (including phenoxy) is 2. The number of benzene rings is 1. The lowest BCUT2D eigenvalue weighted by Gasteiger charge is -2.16. The number of nitrogens with two attached hydrogens (primary N) is 1. The summed E-state index contributed by atoms with van der Waals surface area (Å²) in [5.41, 5.74) is 7.95. The van der Waals surface area contributed by atoms with E-state index in [0.717, 1.165) is 10.9 Å². The highest BCUT2D eigenvalue weighted by atomic mass is 16.5. The zero-order valence-corrected chi connectivity index (χ0v) is 13.4. The molecule has 0 atom stereocenters. The average molecular weight is 326 g/mol. The summed E-state index contributed by atoms with van der Waals surface area (Å²) in [5.74, 6) is 0.851. The van der Waals surface area contributed by atoms with Crippen LogP contribution in [0, 0.1) is 0 Å². The molecular weight excluding hydrogens is 308 g/mol. The Morgan fingerprint density at radius 2 is 1.96 bits per heavy atom. The van der Waals surface area contributed by atoms with Crippen molar-refractivity contribution in [2.75, 3.05) is 19.5 Å². The molecule has 0 saturated carbocycles. The van der Waals surface area contributed by atoms with Gasteiger partial charge in [-0.2, -0.15) is 0 Å². The molecule has 3 aromatic rings. The van der Waals surface area contributed by atoms with Crippen LogP contribution in [-0.2, 0) is 6.54 Å². The molecule has 2 aromatic heterocycles. The van der Waals surface area contributed by atoms with Gasteiger partial charge in [-0.25, -0.2) is 4.98 Å². The second kappa shape index (κ2) is 6.49. The van der Waals surface area contributed by atoms with E-state index >= 15 is 0 Å². The van der Waals surface area contributed by atoms with Crippen molar-refractivity contribution in [2.24, 2.45) is 5.73 Å². The number of nitrogens with one attached hydrogen (secondary N) is 2. The molecule has 1 aromatic carbocycles. The quantitative estimate of drug-likeness (QED) is 0.645. The molecule has 4 N–H and O–H groups in total. The standard InChI is InChI=1S/C17H18N4O3/c1-23-13-4-3-5-14(24-2)11(13)8-20-15-10-6-7-19-17(10)21-9-12(15)16(18)22/h3-7,9H,8H2,1-2H3,(H2,18,22)(H2,19,20,21). The highest BCUT2D eigenvalue weighted by molar-refractivity contribution is 6.05. The Hall–Kier alpha value is -3.22. The smallest absolute Gasteiger partial charge is 0.252 e. The highest BCUT2D eigenvalue weighted by Gasteiger charge is 2.16. The van der Waals surface area contributed by atoms with E-state index in [1.165, 1.54) is 6.20 Å². The average Bonchev–Trinajstić information content (AvgIpc) is 3.07. The van der Waals surface area contributed by atoms with Crippen LogP contribution in [0.25, 0.3) is 11.0 Å². The number of anilines is 1. The van der Waals surface area contributed by atoms with Crippen LogP contribution in [0.2, 0.25) is 0 Å². The number of carbonyl (C=O) groups is 1. The Bertz CT molecular complexity index is 866. The van der Waals surface area contributed by atoms with Crippen LogP contribution in [0.3, 0.4) is 0 Å². The number of methoxy groups -OCH3 is 2. The van der Waals surface area contributed by atoms with Crippen LogP contribution in [0.5, 0.6) is 11.5 Å². The molecule has 0 saturated heterocycles. The first-order valence-corrected chi connectivity index (χ1v) is 7.35. The van der Waals surface area contributed by atoms with Gasteiger partial charge in [0.05, 0.1) is 31.0 Å². The molecule has 0 aliphatic heterocycles. The predicted molar refractivity (Wildman–Crippen MR) is 91.5 cm³/mol. The van der Waals surface area contributed by atoms with Crippen LogP contribution in [0.15, 0.2) is 36.7 Å². The minimum atomic E-state index is -0.542. The zero-order valence-electron chi connectivity index (χ0n) is 13.4. The minimum Gasteiger partial charge on any atom is -0.496 e. The number of fused-ring (bicyclic) bond motifs is 1. The first-order chi connectivity index (χ1) is 11.7. The molecule has 0 unspecified atom stereocenters. The third kappa shape index (κ3) is 2.71. The molecule has 2 heterocycles. The molecule has 0 radical (unpaired) electrons. The number of rotatable bonds is 6. The van der Waals surface area contributed by atoms with Crippen molar-refractivity contribution in [3.05, 3.63) is 47.8 Å². The fraction of sp³-hybridized carbons (Fsp3) is 0.176. The summed E-state index contributed by atoms with van der Waals surface area (Å²) in [6.07, 6.45) is 3.22. The Morgan fingerprint density at radius 3 is 2.58 bits per heavy atom. The second-order valence-corrected chi connectivity index (χ2v) is 5.15. The normalized spacial score (nSPS) is 10.6. The van der Waals surface area contributed by atoms with Gasteiger partial charge >= 0.3 is 0 Å². The van der Waals surface area contributed by atoms with E-state index in [-0.39, 0.29) is 0 Å². The van der Waals surface area contributed by atoms with Crippen molar-refractivity contribution in [2.45, 2.75) is 6.54 Å². The molecule has 24 heavy (non-hydrogen) atoms. The van der Waals surface area contributed by atoms with Crippen molar-refractivity contribution in [3.8, 4) is 11.5 Å². The lowest BCUT2D eigenvalue weighted by atomic mass is 10.1. The van der Waals surface area contributed by atoms with Gasteiger partial charge < -0.3 is 25.5 Å². The Labute approximate surface area is 138 Å². The fourth-order valence-electron chi connectivity index (χ4n) is 2.66. The van der Waals surface area contributed by atoms with Gasteiger partial charge in [0.2, 0.25) is 0 Å². The van der Waals surface area contributed by atoms with Crippen molar-refractivity contribution >= 4 is 22.6 Å². The Balaban J connectivity index is 2.01. The van der Waals surface area contributed by atoms with Gasteiger partial charge in [-0.05, 0) is 18.2 Å². The number of hydrogen-bond acceptors (Lipinski definition) is 5. The van der Waals surface area contributed by atoms with E-state index in [9.17, 15) is 4.79 Å². The monoisotopic (exact) mass is 326 g/mol. The van der Waals surface area contributed by atoms with Crippen molar-refractivity contribution in [1.29, 1.82) is 0 Å². The second-order valence-electron chi connectivity index (χ2n) is 5.15. The summed E-state index contributed by atoms with van der Waals surface area (Å²) < 4.78 is 10.8. The molecule has 0 fully saturated rings. The molecule has 7 nitrogen and oxygen atoms in total. The number of aromatic nitrogens is 2. The van der Waals surface area contributed by atoms with Gasteiger partial charge in [0.1, 0.15) is 17.1 Å². The summed E-state index contributed by atoms with van der Waals surface area (Å²) in [6.45, 7) is 0.401. The maximum atomic E-state index is 11.7. The summed E-state index contributed by atoms with van der Waals surface area (Å²) in [6, 6.07) is 7.41. The molecule has 0 spiro atoms. The first kappa shape index (κ1) is 15.7. The maximum absolute atomic E-state index is 11.7. The molecule has 7 heteroatoms. The summed E-state index contributed by atoms with van der Waals surface area (Å²) in [4.78, 5) is 18.9. The molecule has 0 aliphatic rings. The number of H-pyrrole nitrogens is 1. The van der Waals surface area contributed by atoms with E-state index in [1.54, 1.807) is 20.4 Å². The highest BCUT2D eigenvalue weighted by Crippen LogP contribution is 2.31. The first-order valence-electron chi connectivity index (χ1n) is 7.35. The Kier molecular flexibility index (Phi) is 4.24. The number of primary amides is 1.